The quantitative estimate of drug-likeness (QED) is 0.194. The molecule has 0 bridgehead atoms. The van der Waals surface area contributed by atoms with Crippen LogP contribution in [0.25, 0.3) is 11.5 Å². The third-order valence-corrected chi connectivity index (χ3v) is 7.26. The van der Waals surface area contributed by atoms with Crippen molar-refractivity contribution >= 4 is 17.5 Å². The van der Waals surface area contributed by atoms with Crippen molar-refractivity contribution in [2.24, 2.45) is 5.92 Å². The highest BCUT2D eigenvalue weighted by atomic mass is 19.4. The number of carbonyl (C=O) groups is 3. The van der Waals surface area contributed by atoms with Crippen LogP contribution in [0.2, 0.25) is 0 Å². The van der Waals surface area contributed by atoms with E-state index in [0.717, 1.165) is 48.9 Å². The summed E-state index contributed by atoms with van der Waals surface area (Å²) in [5.41, 5.74) is 1.20. The van der Waals surface area contributed by atoms with Crippen molar-refractivity contribution in [3.8, 4) is 11.5 Å². The number of oxazole rings is 1. The molecular weight excluding hydrogens is 530 g/mol. The van der Waals surface area contributed by atoms with Crippen LogP contribution in [0.4, 0.5) is 17.6 Å². The average molecular weight is 560 g/mol. The topological polar surface area (TPSA) is 97.5 Å². The smallest absolute Gasteiger partial charge is 0.452 e. The third kappa shape index (κ3) is 7.64. The van der Waals surface area contributed by atoms with Crippen molar-refractivity contribution in [1.29, 1.82) is 0 Å². The summed E-state index contributed by atoms with van der Waals surface area (Å²) in [4.78, 5) is 39.7. The maximum absolute atomic E-state index is 13.5. The number of rotatable bonds is 11. The van der Waals surface area contributed by atoms with Crippen molar-refractivity contribution in [3.63, 3.8) is 0 Å². The molecule has 0 aliphatic heterocycles. The number of carboxylic acids is 1. The molecule has 1 fully saturated rings. The van der Waals surface area contributed by atoms with Crippen LogP contribution in [0.3, 0.4) is 0 Å². The van der Waals surface area contributed by atoms with Crippen LogP contribution in [0, 0.1) is 11.7 Å². The number of benzene rings is 2. The minimum atomic E-state index is -4.95. The Morgan fingerprint density at radius 3 is 2.17 bits per heavy atom. The van der Waals surface area contributed by atoms with E-state index in [1.54, 1.807) is 0 Å². The Hall–Kier alpha value is -3.82. The minimum Gasteiger partial charge on any atom is -0.481 e. The van der Waals surface area contributed by atoms with Crippen molar-refractivity contribution in [3.05, 3.63) is 76.9 Å². The zero-order valence-corrected chi connectivity index (χ0v) is 21.7. The van der Waals surface area contributed by atoms with Gasteiger partial charge in [0.15, 0.2) is 11.5 Å². The molecule has 10 heteroatoms. The second kappa shape index (κ2) is 12.6. The molecule has 1 aliphatic rings. The largest absolute Gasteiger partial charge is 0.481 e. The van der Waals surface area contributed by atoms with E-state index in [1.165, 1.54) is 12.1 Å². The van der Waals surface area contributed by atoms with Gasteiger partial charge in [0.2, 0.25) is 11.7 Å². The highest BCUT2D eigenvalue weighted by molar-refractivity contribution is 5.96. The van der Waals surface area contributed by atoms with Gasteiger partial charge < -0.3 is 9.52 Å². The first-order valence-corrected chi connectivity index (χ1v) is 13.2. The standard InChI is InChI=1S/C30H29F4NO5/c31-23-14-12-22(13-15-23)29-35-27(28(40-29)30(32,33)34)25(37)3-1-2-24(36)16-18-4-8-20(9-5-18)21-10-6-19(7-11-21)17-26(38)39/h4-5,8-9,12-15,19,21H,1-3,6-7,10-11,16-17H2,(H,38,39). The number of aliphatic carboxylic acids is 1. The van der Waals surface area contributed by atoms with Crippen LogP contribution in [-0.2, 0) is 22.2 Å². The van der Waals surface area contributed by atoms with Gasteiger partial charge in [-0.3, -0.25) is 14.4 Å². The predicted octanol–water partition coefficient (Wildman–Crippen LogP) is 7.41. The fourth-order valence-electron chi connectivity index (χ4n) is 5.15. The first kappa shape index (κ1) is 29.2. The van der Waals surface area contributed by atoms with E-state index in [-0.39, 0.29) is 49.4 Å². The summed E-state index contributed by atoms with van der Waals surface area (Å²) in [6.45, 7) is 0. The molecule has 212 valence electrons. The van der Waals surface area contributed by atoms with E-state index < -0.39 is 41.1 Å². The molecule has 1 heterocycles. The number of carboxylic acid groups (broad SMARTS) is 1. The summed E-state index contributed by atoms with van der Waals surface area (Å²) in [6, 6.07) is 12.2. The summed E-state index contributed by atoms with van der Waals surface area (Å²) < 4.78 is 58.4. The molecule has 1 saturated carbocycles. The Morgan fingerprint density at radius 1 is 0.925 bits per heavy atom. The number of alkyl halides is 3. The Bertz CT molecular complexity index is 1340. The lowest BCUT2D eigenvalue weighted by atomic mass is 9.77. The summed E-state index contributed by atoms with van der Waals surface area (Å²) in [6.07, 6.45) is -1.22. The Labute approximate surface area is 228 Å². The number of hydrogen-bond donors (Lipinski definition) is 1. The molecule has 1 aromatic heterocycles. The number of aromatic nitrogens is 1. The van der Waals surface area contributed by atoms with Gasteiger partial charge in [0.05, 0.1) is 0 Å². The summed E-state index contributed by atoms with van der Waals surface area (Å²) >= 11 is 0. The highest BCUT2D eigenvalue weighted by Crippen LogP contribution is 2.38. The molecule has 0 radical (unpaired) electrons. The van der Waals surface area contributed by atoms with E-state index in [0.29, 0.717) is 5.92 Å². The summed E-state index contributed by atoms with van der Waals surface area (Å²) in [5.74, 6) is -3.75. The normalized spacial score (nSPS) is 17.5. The van der Waals surface area contributed by atoms with E-state index >= 15 is 0 Å². The van der Waals surface area contributed by atoms with Gasteiger partial charge in [-0.05, 0) is 79.3 Å². The SMILES string of the molecule is O=C(O)CC1CCC(c2ccc(CC(=O)CCCC(=O)c3nc(-c4ccc(F)cc4)oc3C(F)(F)F)cc2)CC1. The van der Waals surface area contributed by atoms with Crippen LogP contribution in [0.5, 0.6) is 0 Å². The Kier molecular flexibility index (Phi) is 9.17. The molecule has 0 atom stereocenters. The molecule has 1 N–H and O–H groups in total. The van der Waals surface area contributed by atoms with Crippen LogP contribution < -0.4 is 0 Å². The molecule has 1 aliphatic carbocycles. The van der Waals surface area contributed by atoms with Gasteiger partial charge in [0.25, 0.3) is 0 Å². The van der Waals surface area contributed by atoms with Crippen LogP contribution in [0.15, 0.2) is 52.9 Å². The summed E-state index contributed by atoms with van der Waals surface area (Å²) in [7, 11) is 0. The van der Waals surface area contributed by atoms with Gasteiger partial charge in [0, 0.05) is 31.2 Å². The molecule has 2 aromatic carbocycles. The fourth-order valence-corrected chi connectivity index (χ4v) is 5.15. The van der Waals surface area contributed by atoms with Gasteiger partial charge in [0.1, 0.15) is 11.6 Å². The van der Waals surface area contributed by atoms with Crippen LogP contribution in [-0.4, -0.2) is 27.6 Å². The maximum Gasteiger partial charge on any atom is 0.452 e. The molecule has 40 heavy (non-hydrogen) atoms. The molecule has 0 saturated heterocycles. The summed E-state index contributed by atoms with van der Waals surface area (Å²) in [5, 5.41) is 8.97. The highest BCUT2D eigenvalue weighted by Gasteiger charge is 2.41. The molecule has 6 nitrogen and oxygen atoms in total. The van der Waals surface area contributed by atoms with Crippen molar-refractivity contribution in [2.45, 2.75) is 69.9 Å². The monoisotopic (exact) mass is 559 g/mol. The number of halogens is 4. The fraction of sp³-hybridized carbons (Fsp3) is 0.400. The molecular formula is C30H29F4NO5. The number of nitrogens with zero attached hydrogens (tertiary/aromatic N) is 1. The van der Waals surface area contributed by atoms with Gasteiger partial charge >= 0.3 is 12.1 Å². The second-order valence-electron chi connectivity index (χ2n) is 10.3. The van der Waals surface area contributed by atoms with Crippen molar-refractivity contribution in [1.82, 2.24) is 4.98 Å². The average Bonchev–Trinajstić information content (AvgIpc) is 3.36. The third-order valence-electron chi connectivity index (χ3n) is 7.26. The van der Waals surface area contributed by atoms with Crippen molar-refractivity contribution in [2.75, 3.05) is 0 Å². The first-order valence-electron chi connectivity index (χ1n) is 13.2. The zero-order chi connectivity index (χ0) is 28.9. The lowest BCUT2D eigenvalue weighted by Gasteiger charge is -2.28. The van der Waals surface area contributed by atoms with Gasteiger partial charge in [-0.2, -0.15) is 13.2 Å². The molecule has 0 unspecified atom stereocenters. The van der Waals surface area contributed by atoms with Crippen LogP contribution in [0.1, 0.15) is 84.7 Å². The number of Topliss-reactive ketones (excluding diaryl/α,β-unsaturated/α-hetero) is 2. The van der Waals surface area contributed by atoms with E-state index in [4.69, 9.17) is 9.52 Å². The maximum atomic E-state index is 13.5. The Balaban J connectivity index is 1.28. The lowest BCUT2D eigenvalue weighted by molar-refractivity contribution is -0.153. The Morgan fingerprint density at radius 2 is 1.57 bits per heavy atom. The zero-order valence-electron chi connectivity index (χ0n) is 21.7. The van der Waals surface area contributed by atoms with Crippen molar-refractivity contribution < 1.29 is 41.5 Å². The van der Waals surface area contributed by atoms with E-state index in [1.807, 2.05) is 24.3 Å². The minimum absolute atomic E-state index is 0.0190. The molecule has 0 spiro atoms. The first-order chi connectivity index (χ1) is 19.0. The second-order valence-corrected chi connectivity index (χ2v) is 10.3. The van der Waals surface area contributed by atoms with E-state index in [9.17, 15) is 31.9 Å². The van der Waals surface area contributed by atoms with Gasteiger partial charge in [-0.15, -0.1) is 0 Å². The lowest BCUT2D eigenvalue weighted by Crippen LogP contribution is -2.16. The predicted molar refractivity (Wildman–Crippen MR) is 137 cm³/mol. The molecule has 4 rings (SSSR count). The van der Waals surface area contributed by atoms with Gasteiger partial charge in [-0.1, -0.05) is 24.3 Å². The number of ketones is 2. The number of carbonyl (C=O) groups excluding carboxylic acids is 2. The molecule has 3 aromatic rings. The molecule has 0 amide bonds. The van der Waals surface area contributed by atoms with Gasteiger partial charge in [-0.25, -0.2) is 9.37 Å². The van der Waals surface area contributed by atoms with Crippen LogP contribution >= 0.6 is 0 Å². The number of hydrogen-bond acceptors (Lipinski definition) is 5. The van der Waals surface area contributed by atoms with E-state index in [2.05, 4.69) is 4.98 Å².